The van der Waals surface area contributed by atoms with Crippen LogP contribution in [-0.4, -0.2) is 0 Å². The summed E-state index contributed by atoms with van der Waals surface area (Å²) in [7, 11) is 0. The second-order valence-electron chi connectivity index (χ2n) is 12.7. The third-order valence-electron chi connectivity index (χ3n) is 9.55. The van der Waals surface area contributed by atoms with E-state index in [0.29, 0.717) is 0 Å². The van der Waals surface area contributed by atoms with Gasteiger partial charge < -0.3 is 9.32 Å². The van der Waals surface area contributed by atoms with Crippen LogP contribution in [0.3, 0.4) is 0 Å². The number of rotatable bonds is 6. The lowest BCUT2D eigenvalue weighted by Gasteiger charge is -2.26. The number of nitrogens with zero attached hydrogens (tertiary/aromatic N) is 1. The average Bonchev–Trinajstić information content (AvgIpc) is 3.58. The summed E-state index contributed by atoms with van der Waals surface area (Å²) in [5.41, 5.74) is 12.4. The van der Waals surface area contributed by atoms with Gasteiger partial charge in [-0.1, -0.05) is 130 Å². The molecule has 0 saturated carbocycles. The molecule has 1 aliphatic carbocycles. The zero-order valence-corrected chi connectivity index (χ0v) is 26.4. The highest BCUT2D eigenvalue weighted by Gasteiger charge is 2.38. The van der Waals surface area contributed by atoms with Crippen molar-refractivity contribution in [1.82, 2.24) is 0 Å². The van der Waals surface area contributed by atoms with Gasteiger partial charge in [0, 0.05) is 33.1 Å². The van der Waals surface area contributed by atoms with E-state index >= 15 is 0 Å². The Morgan fingerprint density at radius 3 is 2.24 bits per heavy atom. The minimum atomic E-state index is -0.164. The van der Waals surface area contributed by atoms with Crippen molar-refractivity contribution in [2.24, 2.45) is 0 Å². The van der Waals surface area contributed by atoms with E-state index in [2.05, 4.69) is 160 Å². The zero-order chi connectivity index (χ0) is 31.4. The van der Waals surface area contributed by atoms with E-state index in [-0.39, 0.29) is 5.41 Å². The first-order valence-electron chi connectivity index (χ1n) is 15.9. The van der Waals surface area contributed by atoms with Crippen molar-refractivity contribution in [2.45, 2.75) is 26.2 Å². The van der Waals surface area contributed by atoms with E-state index in [1.165, 1.54) is 44.2 Å². The van der Waals surface area contributed by atoms with Gasteiger partial charge in [-0.25, -0.2) is 0 Å². The Balaban J connectivity index is 1.29. The maximum Gasteiger partial charge on any atom is 0.159 e. The van der Waals surface area contributed by atoms with Gasteiger partial charge in [-0.2, -0.15) is 0 Å². The van der Waals surface area contributed by atoms with E-state index in [4.69, 9.17) is 4.42 Å². The van der Waals surface area contributed by atoms with E-state index in [1.54, 1.807) is 6.08 Å². The first-order chi connectivity index (χ1) is 22.5. The smallest absolute Gasteiger partial charge is 0.159 e. The van der Waals surface area contributed by atoms with E-state index in [9.17, 15) is 0 Å². The lowest BCUT2D eigenvalue weighted by atomic mass is 9.82. The van der Waals surface area contributed by atoms with E-state index in [0.717, 1.165) is 39.0 Å². The molecule has 0 spiro atoms. The van der Waals surface area contributed by atoms with Crippen LogP contribution in [0.1, 0.15) is 31.9 Å². The molecule has 1 aromatic heterocycles. The fourth-order valence-corrected chi connectivity index (χ4v) is 7.32. The molecular weight excluding hydrogens is 558 g/mol. The van der Waals surface area contributed by atoms with E-state index < -0.39 is 0 Å². The monoisotopic (exact) mass is 593 g/mol. The Labute approximate surface area is 270 Å². The summed E-state index contributed by atoms with van der Waals surface area (Å²) in [6.45, 7) is 10.6. The van der Waals surface area contributed by atoms with Gasteiger partial charge in [0.2, 0.25) is 0 Å². The van der Waals surface area contributed by atoms with Crippen molar-refractivity contribution in [1.29, 1.82) is 0 Å². The highest BCUT2D eigenvalue weighted by atomic mass is 16.3. The summed E-state index contributed by atoms with van der Waals surface area (Å²) in [5, 5.41) is 4.76. The molecule has 0 N–H and O–H groups in total. The van der Waals surface area contributed by atoms with Gasteiger partial charge in [0.15, 0.2) is 5.58 Å². The molecule has 222 valence electrons. The molecule has 6 aromatic carbocycles. The molecule has 8 rings (SSSR count). The van der Waals surface area contributed by atoms with Crippen molar-refractivity contribution in [3.05, 3.63) is 169 Å². The summed E-state index contributed by atoms with van der Waals surface area (Å²) in [5.74, 6) is 0. The van der Waals surface area contributed by atoms with Gasteiger partial charge in [0.05, 0.1) is 5.69 Å². The predicted molar refractivity (Wildman–Crippen MR) is 196 cm³/mol. The van der Waals surface area contributed by atoms with Crippen molar-refractivity contribution in [2.75, 3.05) is 4.90 Å². The highest BCUT2D eigenvalue weighted by molar-refractivity contribution is 6.12. The molecular formula is C44H35NO. The van der Waals surface area contributed by atoms with Crippen molar-refractivity contribution < 1.29 is 4.42 Å². The molecule has 0 bridgehead atoms. The molecule has 2 nitrogen and oxygen atoms in total. The van der Waals surface area contributed by atoms with Crippen LogP contribution >= 0.6 is 0 Å². The fourth-order valence-electron chi connectivity index (χ4n) is 7.32. The van der Waals surface area contributed by atoms with Crippen molar-refractivity contribution >= 4 is 44.1 Å². The molecule has 1 heterocycles. The van der Waals surface area contributed by atoms with Crippen LogP contribution in [-0.2, 0) is 5.41 Å². The summed E-state index contributed by atoms with van der Waals surface area (Å²) in [6, 6.07) is 43.8. The molecule has 0 radical (unpaired) electrons. The van der Waals surface area contributed by atoms with Crippen LogP contribution in [0.4, 0.5) is 11.4 Å². The minimum absolute atomic E-state index is 0.164. The zero-order valence-electron chi connectivity index (χ0n) is 26.4. The summed E-state index contributed by atoms with van der Waals surface area (Å²) >= 11 is 0. The molecule has 46 heavy (non-hydrogen) atoms. The van der Waals surface area contributed by atoms with Crippen molar-refractivity contribution in [3.8, 4) is 22.3 Å². The molecule has 2 heteroatoms. The largest absolute Gasteiger partial charge is 0.453 e. The Bertz CT molecular complexity index is 2360. The molecule has 0 aliphatic heterocycles. The maximum absolute atomic E-state index is 7.00. The quantitative estimate of drug-likeness (QED) is 0.178. The summed E-state index contributed by atoms with van der Waals surface area (Å²) < 4.78 is 7.00. The van der Waals surface area contributed by atoms with Gasteiger partial charge in [-0.05, 0) is 81.9 Å². The first kappa shape index (κ1) is 27.9. The number of allylic oxidation sites excluding steroid dienone is 5. The molecule has 7 aromatic rings. The Kier molecular flexibility index (Phi) is 6.54. The molecule has 0 saturated heterocycles. The number of hydrogen-bond donors (Lipinski definition) is 0. The maximum atomic E-state index is 7.00. The lowest BCUT2D eigenvalue weighted by Crippen LogP contribution is -2.15. The van der Waals surface area contributed by atoms with Crippen LogP contribution in [0.2, 0.25) is 0 Å². The molecule has 0 unspecified atom stereocenters. The van der Waals surface area contributed by atoms with Crippen LogP contribution in [0.15, 0.2) is 162 Å². The number of hydrogen-bond acceptors (Lipinski definition) is 2. The van der Waals surface area contributed by atoms with Crippen LogP contribution in [0, 0.1) is 0 Å². The number of benzene rings is 6. The Morgan fingerprint density at radius 1 is 0.674 bits per heavy atom. The fraction of sp³-hybridized carbons (Fsp3) is 0.0909. The third-order valence-corrected chi connectivity index (χ3v) is 9.55. The predicted octanol–water partition coefficient (Wildman–Crippen LogP) is 12.5. The lowest BCUT2D eigenvalue weighted by molar-refractivity contribution is 0.620. The van der Waals surface area contributed by atoms with Crippen LogP contribution in [0.5, 0.6) is 0 Å². The minimum Gasteiger partial charge on any atom is -0.453 e. The second-order valence-corrected chi connectivity index (χ2v) is 12.7. The van der Waals surface area contributed by atoms with Crippen molar-refractivity contribution in [3.63, 3.8) is 0 Å². The number of anilines is 2. The van der Waals surface area contributed by atoms with Gasteiger partial charge in [-0.3, -0.25) is 0 Å². The summed E-state index contributed by atoms with van der Waals surface area (Å²) in [4.78, 5) is 2.29. The molecule has 1 aliphatic rings. The third kappa shape index (κ3) is 4.33. The Hall–Kier alpha value is -5.60. The Morgan fingerprint density at radius 2 is 1.41 bits per heavy atom. The number of para-hydroxylation sites is 1. The SMILES string of the molecule is C=C/C=C\C=C(/C)N(c1ccc(-c2ccc3ccccc3c2)cc1)c1cccc2c1oc1c3c(ccc12)-c1ccccc1C3(C)C. The molecule has 0 amide bonds. The van der Waals surface area contributed by atoms with E-state index in [1.807, 2.05) is 12.2 Å². The van der Waals surface area contributed by atoms with Crippen LogP contribution in [0.25, 0.3) is 55.0 Å². The number of furan rings is 1. The highest BCUT2D eigenvalue weighted by Crippen LogP contribution is 2.53. The normalized spacial score (nSPS) is 13.8. The topological polar surface area (TPSA) is 16.4 Å². The second kappa shape index (κ2) is 10.8. The first-order valence-corrected chi connectivity index (χ1v) is 15.9. The average molecular weight is 594 g/mol. The van der Waals surface area contributed by atoms with Gasteiger partial charge in [0.25, 0.3) is 0 Å². The van der Waals surface area contributed by atoms with Gasteiger partial charge in [-0.15, -0.1) is 0 Å². The summed E-state index contributed by atoms with van der Waals surface area (Å²) in [6.07, 6.45) is 7.91. The van der Waals surface area contributed by atoms with Crippen LogP contribution < -0.4 is 4.90 Å². The van der Waals surface area contributed by atoms with Gasteiger partial charge in [0.1, 0.15) is 5.58 Å². The molecule has 0 atom stereocenters. The molecule has 0 fully saturated rings. The van der Waals surface area contributed by atoms with Gasteiger partial charge >= 0.3 is 0 Å². The standard InChI is InChI=1S/C44H35NO/c1-5-6-7-13-29(2)45(34-24-22-31(23-25-34)33-21-20-30-14-8-9-15-32(30)28-33)40-19-12-17-37-38-27-26-36-35-16-10-11-18-39(35)44(3,4)41(36)43(38)46-42(37)40/h5-28H,1H2,2-4H3/b7-6-,29-13+. The number of fused-ring (bicyclic) bond motifs is 8.